The Morgan fingerprint density at radius 1 is 1.08 bits per heavy atom. The summed E-state index contributed by atoms with van der Waals surface area (Å²) >= 11 is 0. The Balaban J connectivity index is 1.76. The summed E-state index contributed by atoms with van der Waals surface area (Å²) in [6.07, 6.45) is 5.58. The molecule has 0 unspecified atom stereocenters. The Bertz CT molecular complexity index is 954. The second-order valence-electron chi connectivity index (χ2n) is 6.46. The molecule has 0 spiro atoms. The number of nitrogens with zero attached hydrogens (tertiary/aromatic N) is 5. The monoisotopic (exact) mass is 332 g/mol. The first-order valence-electron chi connectivity index (χ1n) is 8.37. The number of hydrogen-bond acceptors (Lipinski definition) is 5. The van der Waals surface area contributed by atoms with E-state index in [-0.39, 0.29) is 0 Å². The van der Waals surface area contributed by atoms with Gasteiger partial charge in [0.1, 0.15) is 5.82 Å². The molecule has 6 nitrogen and oxygen atoms in total. The molecule has 6 heteroatoms. The molecule has 1 aliphatic heterocycles. The zero-order chi connectivity index (χ0) is 17.4. The number of nitrogens with one attached hydrogen (secondary N) is 1. The van der Waals surface area contributed by atoms with E-state index in [1.54, 1.807) is 4.68 Å². The van der Waals surface area contributed by atoms with Crippen molar-refractivity contribution < 1.29 is 0 Å². The van der Waals surface area contributed by atoms with Crippen molar-refractivity contribution in [3.8, 4) is 11.3 Å². The van der Waals surface area contributed by atoms with Gasteiger partial charge in [0.2, 0.25) is 0 Å². The van der Waals surface area contributed by atoms with Crippen LogP contribution in [0.5, 0.6) is 0 Å². The van der Waals surface area contributed by atoms with Crippen LogP contribution in [0.2, 0.25) is 0 Å². The van der Waals surface area contributed by atoms with E-state index in [4.69, 9.17) is 4.99 Å². The Morgan fingerprint density at radius 3 is 2.68 bits per heavy atom. The summed E-state index contributed by atoms with van der Waals surface area (Å²) in [6.45, 7) is 4.87. The molecule has 3 aromatic heterocycles. The van der Waals surface area contributed by atoms with Crippen LogP contribution in [0, 0.1) is 0 Å². The molecular weight excluding hydrogens is 312 g/mol. The Labute approximate surface area is 146 Å². The minimum atomic E-state index is 0.300. The van der Waals surface area contributed by atoms with Crippen molar-refractivity contribution >= 4 is 11.5 Å². The van der Waals surface area contributed by atoms with Crippen LogP contribution in [-0.2, 0) is 13.6 Å². The maximum Gasteiger partial charge on any atom is 0.136 e. The molecule has 4 rings (SSSR count). The van der Waals surface area contributed by atoms with Crippen molar-refractivity contribution in [2.45, 2.75) is 26.4 Å². The third kappa shape index (κ3) is 2.91. The molecule has 0 atom stereocenters. The normalized spacial score (nSPS) is 13.0. The molecule has 25 heavy (non-hydrogen) atoms. The second kappa shape index (κ2) is 6.12. The topological polar surface area (TPSA) is 68.0 Å². The van der Waals surface area contributed by atoms with Crippen LogP contribution in [0.1, 0.15) is 30.7 Å². The largest absolute Gasteiger partial charge is 0.367 e. The summed E-state index contributed by atoms with van der Waals surface area (Å²) in [7, 11) is 1.92. The van der Waals surface area contributed by atoms with Gasteiger partial charge in [-0.05, 0) is 43.7 Å². The van der Waals surface area contributed by atoms with Crippen LogP contribution in [0.3, 0.4) is 0 Å². The number of hydrogen-bond donors (Lipinski definition) is 1. The molecule has 1 aliphatic rings. The Morgan fingerprint density at radius 2 is 1.92 bits per heavy atom. The summed E-state index contributed by atoms with van der Waals surface area (Å²) < 4.78 is 1.80. The van der Waals surface area contributed by atoms with Gasteiger partial charge in [-0.1, -0.05) is 0 Å². The van der Waals surface area contributed by atoms with E-state index < -0.39 is 0 Å². The van der Waals surface area contributed by atoms with Crippen LogP contribution >= 0.6 is 0 Å². The highest BCUT2D eigenvalue weighted by Crippen LogP contribution is 2.29. The molecule has 126 valence electrons. The fourth-order valence-electron chi connectivity index (χ4n) is 3.02. The van der Waals surface area contributed by atoms with Crippen LogP contribution < -0.4 is 5.32 Å². The predicted molar refractivity (Wildman–Crippen MR) is 98.8 cm³/mol. The minimum absolute atomic E-state index is 0.300. The molecule has 0 aromatic carbocycles. The number of rotatable bonds is 4. The molecule has 0 amide bonds. The lowest BCUT2D eigenvalue weighted by atomic mass is 10.0. The van der Waals surface area contributed by atoms with E-state index >= 15 is 0 Å². The molecule has 0 aliphatic carbocycles. The fraction of sp³-hybridized carbons (Fsp3) is 0.263. The SMILES string of the molecule is CC(C)Nc1nccc2c1C(c1cc(-c3ccn(C)n3)ccn1)=NC2. The summed E-state index contributed by atoms with van der Waals surface area (Å²) in [4.78, 5) is 13.8. The van der Waals surface area contributed by atoms with E-state index in [9.17, 15) is 0 Å². The molecule has 3 aromatic rings. The van der Waals surface area contributed by atoms with Gasteiger partial charge in [-0.15, -0.1) is 0 Å². The van der Waals surface area contributed by atoms with Crippen LogP contribution in [-0.4, -0.2) is 31.5 Å². The quantitative estimate of drug-likeness (QED) is 0.797. The zero-order valence-electron chi connectivity index (χ0n) is 14.6. The zero-order valence-corrected chi connectivity index (χ0v) is 14.6. The number of anilines is 1. The van der Waals surface area contributed by atoms with Crippen LogP contribution in [0.15, 0.2) is 47.8 Å². The number of aromatic nitrogens is 4. The summed E-state index contributed by atoms with van der Waals surface area (Å²) in [5.41, 5.74) is 5.94. The summed E-state index contributed by atoms with van der Waals surface area (Å²) in [5.74, 6) is 0.869. The number of aliphatic imine (C=N–C) groups is 1. The molecule has 0 fully saturated rings. The molecule has 0 bridgehead atoms. The van der Waals surface area contributed by atoms with E-state index in [0.29, 0.717) is 12.6 Å². The van der Waals surface area contributed by atoms with Gasteiger partial charge < -0.3 is 5.32 Å². The van der Waals surface area contributed by atoms with Gasteiger partial charge in [0.15, 0.2) is 0 Å². The van der Waals surface area contributed by atoms with Crippen LogP contribution in [0.4, 0.5) is 5.82 Å². The van der Waals surface area contributed by atoms with E-state index in [1.165, 1.54) is 5.56 Å². The maximum atomic E-state index is 4.73. The molecule has 0 saturated carbocycles. The second-order valence-corrected chi connectivity index (χ2v) is 6.46. The molecule has 0 saturated heterocycles. The van der Waals surface area contributed by atoms with Crippen molar-refractivity contribution in [2.24, 2.45) is 12.0 Å². The van der Waals surface area contributed by atoms with Gasteiger partial charge in [0.25, 0.3) is 0 Å². The minimum Gasteiger partial charge on any atom is -0.367 e. The summed E-state index contributed by atoms with van der Waals surface area (Å²) in [5, 5.41) is 7.89. The molecular formula is C19H20N6. The molecule has 4 heterocycles. The Kier molecular flexibility index (Phi) is 3.80. The first-order valence-corrected chi connectivity index (χ1v) is 8.37. The van der Waals surface area contributed by atoms with E-state index in [2.05, 4.69) is 34.2 Å². The van der Waals surface area contributed by atoms with Crippen molar-refractivity contribution in [3.63, 3.8) is 0 Å². The van der Waals surface area contributed by atoms with Crippen molar-refractivity contribution in [3.05, 3.63) is 59.7 Å². The van der Waals surface area contributed by atoms with Gasteiger partial charge in [0, 0.05) is 42.8 Å². The predicted octanol–water partition coefficient (Wildman–Crippen LogP) is 3.05. The number of fused-ring (bicyclic) bond motifs is 1. The smallest absolute Gasteiger partial charge is 0.136 e. The fourth-order valence-corrected chi connectivity index (χ4v) is 3.02. The highest BCUT2D eigenvalue weighted by atomic mass is 15.2. The van der Waals surface area contributed by atoms with Crippen molar-refractivity contribution in [1.29, 1.82) is 0 Å². The highest BCUT2D eigenvalue weighted by Gasteiger charge is 2.23. The van der Waals surface area contributed by atoms with Gasteiger partial charge in [-0.25, -0.2) is 4.98 Å². The van der Waals surface area contributed by atoms with Gasteiger partial charge in [0.05, 0.1) is 23.6 Å². The first-order chi connectivity index (χ1) is 12.1. The van der Waals surface area contributed by atoms with Crippen LogP contribution in [0.25, 0.3) is 11.3 Å². The average Bonchev–Trinajstić information content (AvgIpc) is 3.21. The summed E-state index contributed by atoms with van der Waals surface area (Å²) in [6, 6.07) is 8.34. The lowest BCUT2D eigenvalue weighted by Gasteiger charge is -2.14. The number of pyridine rings is 2. The van der Waals surface area contributed by atoms with E-state index in [0.717, 1.165) is 34.0 Å². The van der Waals surface area contributed by atoms with E-state index in [1.807, 2.05) is 49.9 Å². The molecule has 1 N–H and O–H groups in total. The highest BCUT2D eigenvalue weighted by molar-refractivity contribution is 6.17. The van der Waals surface area contributed by atoms with Crippen molar-refractivity contribution in [1.82, 2.24) is 19.7 Å². The first kappa shape index (κ1) is 15.5. The van der Waals surface area contributed by atoms with Gasteiger partial charge >= 0.3 is 0 Å². The number of aryl methyl sites for hydroxylation is 1. The molecule has 0 radical (unpaired) electrons. The van der Waals surface area contributed by atoms with Crippen molar-refractivity contribution in [2.75, 3.05) is 5.32 Å². The lowest BCUT2D eigenvalue weighted by molar-refractivity contribution is 0.771. The third-order valence-electron chi connectivity index (χ3n) is 4.12. The maximum absolute atomic E-state index is 4.73. The van der Waals surface area contributed by atoms with Gasteiger partial charge in [-0.3, -0.25) is 14.7 Å². The Hall–Kier alpha value is -3.02. The van der Waals surface area contributed by atoms with Gasteiger partial charge in [-0.2, -0.15) is 5.10 Å². The third-order valence-corrected chi connectivity index (χ3v) is 4.12. The standard InChI is InChI=1S/C19H20N6/c1-12(2)23-19-17-14(5-8-21-19)11-22-18(17)16-10-13(4-7-20-16)15-6-9-25(3)24-15/h4-10,12H,11H2,1-3H3,(H,21,23). The average molecular weight is 332 g/mol. The lowest BCUT2D eigenvalue weighted by Crippen LogP contribution is -2.16.